The van der Waals surface area contributed by atoms with Crippen LogP contribution in [0.5, 0.6) is 0 Å². The van der Waals surface area contributed by atoms with Gasteiger partial charge < -0.3 is 15.2 Å². The Morgan fingerprint density at radius 2 is 1.92 bits per heavy atom. The summed E-state index contributed by atoms with van der Waals surface area (Å²) in [5.41, 5.74) is 6.56. The van der Waals surface area contributed by atoms with Gasteiger partial charge in [-0.15, -0.1) is 0 Å². The first-order valence-electron chi connectivity index (χ1n) is 4.26. The van der Waals surface area contributed by atoms with Crippen molar-refractivity contribution < 1.29 is 9.47 Å². The Kier molecular flexibility index (Phi) is 2.26. The van der Waals surface area contributed by atoms with Crippen LogP contribution in [0.1, 0.15) is 5.56 Å². The molecule has 2 heterocycles. The van der Waals surface area contributed by atoms with Crippen LogP contribution in [0.15, 0.2) is 24.5 Å². The van der Waals surface area contributed by atoms with Gasteiger partial charge in [0.05, 0.1) is 19.8 Å². The van der Waals surface area contributed by atoms with Gasteiger partial charge in [-0.05, 0) is 12.1 Å². The number of pyridine rings is 1. The van der Waals surface area contributed by atoms with Crippen LogP contribution in [-0.4, -0.2) is 24.7 Å². The maximum absolute atomic E-state index is 5.63. The Bertz CT molecular complexity index is 270. The van der Waals surface area contributed by atoms with E-state index in [4.69, 9.17) is 15.2 Å². The van der Waals surface area contributed by atoms with Gasteiger partial charge in [-0.25, -0.2) is 0 Å². The molecular formula is C9H12N2O2. The van der Waals surface area contributed by atoms with Crippen molar-refractivity contribution in [3.05, 3.63) is 30.1 Å². The molecule has 0 saturated carbocycles. The fourth-order valence-corrected chi connectivity index (χ4v) is 1.46. The molecule has 0 amide bonds. The van der Waals surface area contributed by atoms with E-state index in [0.29, 0.717) is 19.8 Å². The third-order valence-electron chi connectivity index (χ3n) is 2.14. The van der Waals surface area contributed by atoms with Crippen molar-refractivity contribution in [2.45, 2.75) is 5.79 Å². The Morgan fingerprint density at radius 3 is 2.46 bits per heavy atom. The Labute approximate surface area is 76.7 Å². The van der Waals surface area contributed by atoms with Gasteiger partial charge in [0.15, 0.2) is 0 Å². The molecule has 0 aromatic carbocycles. The summed E-state index contributed by atoms with van der Waals surface area (Å²) in [5, 5.41) is 0. The van der Waals surface area contributed by atoms with E-state index in [1.54, 1.807) is 12.4 Å². The number of aromatic nitrogens is 1. The maximum Gasteiger partial charge on any atom is 0.207 e. The zero-order chi connectivity index (χ0) is 9.15. The predicted octanol–water partition coefficient (Wildman–Crippen LogP) is 0.240. The number of nitrogens with two attached hydrogens (primary N) is 1. The molecular weight excluding hydrogens is 168 g/mol. The van der Waals surface area contributed by atoms with E-state index >= 15 is 0 Å². The van der Waals surface area contributed by atoms with Crippen molar-refractivity contribution in [2.24, 2.45) is 5.73 Å². The summed E-state index contributed by atoms with van der Waals surface area (Å²) in [7, 11) is 0. The fraction of sp³-hybridized carbons (Fsp3) is 0.444. The van der Waals surface area contributed by atoms with Crippen molar-refractivity contribution in [1.29, 1.82) is 0 Å². The van der Waals surface area contributed by atoms with E-state index in [2.05, 4.69) is 4.98 Å². The highest BCUT2D eigenvalue weighted by Crippen LogP contribution is 2.29. The van der Waals surface area contributed by atoms with Crippen LogP contribution < -0.4 is 5.73 Å². The van der Waals surface area contributed by atoms with Gasteiger partial charge in [0, 0.05) is 18.0 Å². The summed E-state index contributed by atoms with van der Waals surface area (Å²) in [6.07, 6.45) is 3.41. The third kappa shape index (κ3) is 1.44. The van der Waals surface area contributed by atoms with E-state index in [9.17, 15) is 0 Å². The highest BCUT2D eigenvalue weighted by atomic mass is 16.7. The van der Waals surface area contributed by atoms with E-state index < -0.39 is 5.79 Å². The van der Waals surface area contributed by atoms with Crippen LogP contribution in [0.3, 0.4) is 0 Å². The molecule has 1 aliphatic heterocycles. The summed E-state index contributed by atoms with van der Waals surface area (Å²) in [6.45, 7) is 1.52. The molecule has 1 aromatic heterocycles. The summed E-state index contributed by atoms with van der Waals surface area (Å²) < 4.78 is 11.0. The normalized spacial score (nSPS) is 20.4. The average Bonchev–Trinajstić information content (AvgIpc) is 2.69. The lowest BCUT2D eigenvalue weighted by Gasteiger charge is -2.25. The van der Waals surface area contributed by atoms with Gasteiger partial charge in [0.1, 0.15) is 0 Å². The molecule has 70 valence electrons. The monoisotopic (exact) mass is 180 g/mol. The molecule has 4 nitrogen and oxygen atoms in total. The summed E-state index contributed by atoms with van der Waals surface area (Å²) in [4.78, 5) is 3.93. The highest BCUT2D eigenvalue weighted by Gasteiger charge is 2.36. The van der Waals surface area contributed by atoms with Gasteiger partial charge in [0.2, 0.25) is 5.79 Å². The first kappa shape index (κ1) is 8.62. The molecule has 1 aromatic rings. The minimum Gasteiger partial charge on any atom is -0.342 e. The second kappa shape index (κ2) is 3.41. The predicted molar refractivity (Wildman–Crippen MR) is 46.9 cm³/mol. The number of rotatable bonds is 2. The van der Waals surface area contributed by atoms with Gasteiger partial charge in [-0.2, -0.15) is 0 Å². The minimum atomic E-state index is -0.733. The lowest BCUT2D eigenvalue weighted by Crippen LogP contribution is -2.36. The molecule has 0 atom stereocenters. The van der Waals surface area contributed by atoms with Crippen LogP contribution in [0, 0.1) is 0 Å². The second-order valence-corrected chi connectivity index (χ2v) is 2.89. The number of hydrogen-bond donors (Lipinski definition) is 1. The largest absolute Gasteiger partial charge is 0.342 e. The zero-order valence-electron chi connectivity index (χ0n) is 7.27. The van der Waals surface area contributed by atoms with E-state index in [1.165, 1.54) is 0 Å². The number of hydrogen-bond acceptors (Lipinski definition) is 4. The molecule has 1 fully saturated rings. The summed E-state index contributed by atoms with van der Waals surface area (Å²) in [6, 6.07) is 3.72. The fourth-order valence-electron chi connectivity index (χ4n) is 1.46. The number of ether oxygens (including phenoxy) is 2. The lowest BCUT2D eigenvalue weighted by molar-refractivity contribution is -0.156. The van der Waals surface area contributed by atoms with Gasteiger partial charge in [-0.1, -0.05) is 0 Å². The van der Waals surface area contributed by atoms with E-state index in [1.807, 2.05) is 12.1 Å². The maximum atomic E-state index is 5.63. The smallest absolute Gasteiger partial charge is 0.207 e. The molecule has 1 aliphatic rings. The van der Waals surface area contributed by atoms with Crippen LogP contribution in [-0.2, 0) is 15.3 Å². The standard InChI is InChI=1S/C9H12N2O2/c10-7-9(12-5-6-13-9)8-1-3-11-4-2-8/h1-4H,5-7,10H2. The first-order chi connectivity index (χ1) is 6.37. The summed E-state index contributed by atoms with van der Waals surface area (Å²) >= 11 is 0. The lowest BCUT2D eigenvalue weighted by atomic mass is 10.1. The van der Waals surface area contributed by atoms with Crippen LogP contribution in [0.2, 0.25) is 0 Å². The summed E-state index contributed by atoms with van der Waals surface area (Å²) in [5.74, 6) is -0.733. The molecule has 0 bridgehead atoms. The van der Waals surface area contributed by atoms with Crippen molar-refractivity contribution in [3.63, 3.8) is 0 Å². The molecule has 13 heavy (non-hydrogen) atoms. The SMILES string of the molecule is NCC1(c2ccncc2)OCCO1. The topological polar surface area (TPSA) is 57.4 Å². The molecule has 0 unspecified atom stereocenters. The second-order valence-electron chi connectivity index (χ2n) is 2.89. The molecule has 4 heteroatoms. The van der Waals surface area contributed by atoms with Crippen LogP contribution in [0.4, 0.5) is 0 Å². The highest BCUT2D eigenvalue weighted by molar-refractivity contribution is 5.17. The Hall–Kier alpha value is -0.970. The zero-order valence-corrected chi connectivity index (χ0v) is 7.27. The Morgan fingerprint density at radius 1 is 1.31 bits per heavy atom. The quantitative estimate of drug-likeness (QED) is 0.708. The van der Waals surface area contributed by atoms with Gasteiger partial charge >= 0.3 is 0 Å². The van der Waals surface area contributed by atoms with E-state index in [-0.39, 0.29) is 0 Å². The molecule has 0 aliphatic carbocycles. The first-order valence-corrected chi connectivity index (χ1v) is 4.26. The minimum absolute atomic E-state index is 0.330. The van der Waals surface area contributed by atoms with Crippen molar-refractivity contribution >= 4 is 0 Å². The molecule has 0 spiro atoms. The molecule has 2 rings (SSSR count). The Balaban J connectivity index is 2.31. The molecule has 0 radical (unpaired) electrons. The molecule has 1 saturated heterocycles. The van der Waals surface area contributed by atoms with Gasteiger partial charge in [0.25, 0.3) is 0 Å². The van der Waals surface area contributed by atoms with Crippen LogP contribution in [0.25, 0.3) is 0 Å². The van der Waals surface area contributed by atoms with Crippen LogP contribution >= 0.6 is 0 Å². The number of nitrogens with zero attached hydrogens (tertiary/aromatic N) is 1. The van der Waals surface area contributed by atoms with E-state index in [0.717, 1.165) is 5.56 Å². The third-order valence-corrected chi connectivity index (χ3v) is 2.14. The average molecular weight is 180 g/mol. The van der Waals surface area contributed by atoms with Gasteiger partial charge in [-0.3, -0.25) is 4.98 Å². The van der Waals surface area contributed by atoms with Crippen molar-refractivity contribution in [3.8, 4) is 0 Å². The van der Waals surface area contributed by atoms with Crippen molar-refractivity contribution in [2.75, 3.05) is 19.8 Å². The van der Waals surface area contributed by atoms with Crippen molar-refractivity contribution in [1.82, 2.24) is 4.98 Å². The molecule has 2 N–H and O–H groups in total.